The van der Waals surface area contributed by atoms with Gasteiger partial charge >= 0.3 is 6.16 Å². The number of aliphatic hydroxyl groups excluding tert-OH is 1. The van der Waals surface area contributed by atoms with Gasteiger partial charge in [-0.1, -0.05) is 25.5 Å². The molecule has 0 bridgehead atoms. The van der Waals surface area contributed by atoms with Gasteiger partial charge in [-0.25, -0.2) is 4.79 Å². The maximum absolute atomic E-state index is 13.5. The molecule has 35 heavy (non-hydrogen) atoms. The highest BCUT2D eigenvalue weighted by molar-refractivity contribution is 7.86. The number of aliphatic hydroxyl groups is 1. The molecule has 0 heterocycles. The Labute approximate surface area is 206 Å². The van der Waals surface area contributed by atoms with Crippen LogP contribution in [-0.4, -0.2) is 62.4 Å². The maximum Gasteiger partial charge on any atom is 0.509 e. The number of ketones is 2. The molecule has 3 saturated carbocycles. The van der Waals surface area contributed by atoms with Gasteiger partial charge in [0.1, 0.15) is 6.61 Å². The van der Waals surface area contributed by atoms with E-state index in [1.54, 1.807) is 19.1 Å². The second-order valence-electron chi connectivity index (χ2n) is 10.8. The lowest BCUT2D eigenvalue weighted by Crippen LogP contribution is -2.63. The molecule has 0 saturated heterocycles. The average Bonchev–Trinajstić information content (AvgIpc) is 3.04. The molecule has 194 valence electrons. The Balaban J connectivity index is 1.72. The predicted molar refractivity (Wildman–Crippen MR) is 125 cm³/mol. The number of carbonyl (C=O) groups excluding carboxylic acids is 3. The van der Waals surface area contributed by atoms with Crippen molar-refractivity contribution in [3.05, 3.63) is 23.8 Å². The molecular weight excluding hydrogens is 476 g/mol. The molecule has 1 unspecified atom stereocenters. The van der Waals surface area contributed by atoms with Crippen molar-refractivity contribution in [1.82, 2.24) is 0 Å². The zero-order valence-electron chi connectivity index (χ0n) is 20.6. The van der Waals surface area contributed by atoms with Crippen molar-refractivity contribution in [3.8, 4) is 0 Å². The van der Waals surface area contributed by atoms with Gasteiger partial charge in [-0.05, 0) is 63.0 Å². The number of fused-ring (bicyclic) bond motifs is 5. The van der Waals surface area contributed by atoms with Crippen molar-refractivity contribution in [2.75, 3.05) is 19.5 Å². The highest BCUT2D eigenvalue weighted by atomic mass is 32.2. The molecule has 0 radical (unpaired) electrons. The largest absolute Gasteiger partial charge is 0.509 e. The Kier molecular flexibility index (Phi) is 6.56. The first-order valence-electron chi connectivity index (χ1n) is 12.1. The number of Topliss-reactive ketones (excluding diaryl/α,β-unsaturated/α-hetero) is 1. The third kappa shape index (κ3) is 4.17. The normalized spacial score (nSPS) is 40.3. The van der Waals surface area contributed by atoms with Gasteiger partial charge in [-0.3, -0.25) is 13.8 Å². The first kappa shape index (κ1) is 26.0. The van der Waals surface area contributed by atoms with Crippen LogP contribution in [0.4, 0.5) is 4.79 Å². The highest BCUT2D eigenvalue weighted by Crippen LogP contribution is 2.67. The maximum atomic E-state index is 13.5. The van der Waals surface area contributed by atoms with Crippen LogP contribution in [0, 0.1) is 28.6 Å². The van der Waals surface area contributed by atoms with Crippen LogP contribution in [0.2, 0.25) is 0 Å². The number of carbonyl (C=O) groups is 3. The second-order valence-corrected chi connectivity index (χ2v) is 12.4. The molecule has 0 aliphatic heterocycles. The SMILES string of the molecule is CCOC(=O)O[C@]1(C(=O)COS(C)(=O)=O)CC[C@H]2[C@@H]3CCC4=CC(=O)C=C[C@]4(C)[C@H]3C(O)C[C@@]21C. The van der Waals surface area contributed by atoms with Crippen LogP contribution in [0.5, 0.6) is 0 Å². The molecule has 0 aromatic carbocycles. The number of allylic oxidation sites excluding steroid dienone is 4. The summed E-state index contributed by atoms with van der Waals surface area (Å²) >= 11 is 0. The van der Waals surface area contributed by atoms with E-state index >= 15 is 0 Å². The van der Waals surface area contributed by atoms with E-state index in [-0.39, 0.29) is 43.0 Å². The Bertz CT molecular complexity index is 1090. The molecule has 3 fully saturated rings. The minimum atomic E-state index is -3.90. The summed E-state index contributed by atoms with van der Waals surface area (Å²) < 4.78 is 38.7. The first-order chi connectivity index (χ1) is 16.3. The number of rotatable bonds is 6. The van der Waals surface area contributed by atoms with Crippen molar-refractivity contribution in [1.29, 1.82) is 0 Å². The van der Waals surface area contributed by atoms with Gasteiger partial charge in [-0.15, -0.1) is 0 Å². The monoisotopic (exact) mass is 510 g/mol. The smallest absolute Gasteiger partial charge is 0.435 e. The molecule has 4 rings (SSSR count). The van der Waals surface area contributed by atoms with E-state index in [4.69, 9.17) is 13.7 Å². The summed E-state index contributed by atoms with van der Waals surface area (Å²) in [6, 6.07) is 0. The zero-order chi connectivity index (χ0) is 25.8. The van der Waals surface area contributed by atoms with E-state index in [9.17, 15) is 27.9 Å². The van der Waals surface area contributed by atoms with Gasteiger partial charge in [0.25, 0.3) is 10.1 Å². The van der Waals surface area contributed by atoms with Gasteiger partial charge < -0.3 is 14.6 Å². The van der Waals surface area contributed by atoms with Gasteiger partial charge in [0.2, 0.25) is 5.78 Å². The van der Waals surface area contributed by atoms with E-state index < -0.39 is 51.2 Å². The third-order valence-corrected chi connectivity index (χ3v) is 9.54. The van der Waals surface area contributed by atoms with Crippen molar-refractivity contribution in [2.24, 2.45) is 28.6 Å². The molecule has 0 aromatic rings. The molecule has 0 spiro atoms. The van der Waals surface area contributed by atoms with Crippen LogP contribution < -0.4 is 0 Å². The summed E-state index contributed by atoms with van der Waals surface area (Å²) in [7, 11) is -3.90. The van der Waals surface area contributed by atoms with Crippen molar-refractivity contribution >= 4 is 27.8 Å². The van der Waals surface area contributed by atoms with Gasteiger partial charge in [-0.2, -0.15) is 8.42 Å². The van der Waals surface area contributed by atoms with Crippen molar-refractivity contribution < 1.29 is 41.6 Å². The number of ether oxygens (including phenoxy) is 2. The minimum Gasteiger partial charge on any atom is -0.435 e. The van der Waals surface area contributed by atoms with Crippen LogP contribution in [0.3, 0.4) is 0 Å². The fraction of sp³-hybridized carbons (Fsp3) is 0.720. The zero-order valence-corrected chi connectivity index (χ0v) is 21.4. The molecule has 10 heteroatoms. The van der Waals surface area contributed by atoms with Crippen LogP contribution in [-0.2, 0) is 33.4 Å². The molecule has 1 N–H and O–H groups in total. The molecule has 7 atom stereocenters. The van der Waals surface area contributed by atoms with E-state index in [2.05, 4.69) is 0 Å². The van der Waals surface area contributed by atoms with Crippen LogP contribution in [0.1, 0.15) is 52.9 Å². The van der Waals surface area contributed by atoms with Gasteiger partial charge in [0, 0.05) is 16.7 Å². The topological polar surface area (TPSA) is 133 Å². The van der Waals surface area contributed by atoms with Gasteiger partial charge in [0.15, 0.2) is 11.4 Å². The van der Waals surface area contributed by atoms with Crippen molar-refractivity contribution in [2.45, 2.75) is 64.6 Å². The summed E-state index contributed by atoms with van der Waals surface area (Å²) in [5, 5.41) is 11.5. The van der Waals surface area contributed by atoms with E-state index in [0.717, 1.165) is 18.2 Å². The van der Waals surface area contributed by atoms with Gasteiger partial charge in [0.05, 0.1) is 19.0 Å². The lowest BCUT2D eigenvalue weighted by atomic mass is 9.46. The summed E-state index contributed by atoms with van der Waals surface area (Å²) in [6.07, 6.45) is 6.49. The van der Waals surface area contributed by atoms with Crippen molar-refractivity contribution in [3.63, 3.8) is 0 Å². The molecule has 4 aliphatic carbocycles. The predicted octanol–water partition coefficient (Wildman–Crippen LogP) is 2.72. The number of hydrogen-bond donors (Lipinski definition) is 1. The molecule has 9 nitrogen and oxygen atoms in total. The van der Waals surface area contributed by atoms with E-state index in [1.807, 2.05) is 19.9 Å². The third-order valence-electron chi connectivity index (χ3n) is 8.99. The van der Waals surface area contributed by atoms with Crippen LogP contribution in [0.25, 0.3) is 0 Å². The highest BCUT2D eigenvalue weighted by Gasteiger charge is 2.70. The minimum absolute atomic E-state index is 0.0139. The fourth-order valence-corrected chi connectivity index (χ4v) is 7.88. The molecular formula is C25H34O9S. The Hall–Kier alpha value is -2.04. The summed E-state index contributed by atoms with van der Waals surface area (Å²) in [4.78, 5) is 38.0. The first-order valence-corrected chi connectivity index (χ1v) is 13.9. The molecule has 0 aromatic heterocycles. The lowest BCUT2D eigenvalue weighted by Gasteiger charge is -2.59. The standard InChI is InChI=1S/C25H34O9S/c1-5-32-22(29)34-25(20(28)14-33-35(4,30)31)11-9-18-17-7-6-15-12-16(26)8-10-23(15,2)21(17)19(27)13-24(18,25)3/h8,10,12,17-19,21,27H,5-7,9,11,13-14H2,1-4H3/t17-,18-,19?,21+,23-,24-,25-/m0/s1. The second kappa shape index (κ2) is 8.81. The summed E-state index contributed by atoms with van der Waals surface area (Å²) in [6.45, 7) is 4.80. The molecule has 0 amide bonds. The average molecular weight is 511 g/mol. The lowest BCUT2D eigenvalue weighted by molar-refractivity contribution is -0.183. The van der Waals surface area contributed by atoms with Crippen LogP contribution >= 0.6 is 0 Å². The fourth-order valence-electron chi connectivity index (χ4n) is 7.56. The Morgan fingerprint density at radius 3 is 2.60 bits per heavy atom. The van der Waals surface area contributed by atoms with E-state index in [0.29, 0.717) is 12.8 Å². The van der Waals surface area contributed by atoms with E-state index in [1.165, 1.54) is 0 Å². The quantitative estimate of drug-likeness (QED) is 0.423. The Morgan fingerprint density at radius 2 is 1.94 bits per heavy atom. The summed E-state index contributed by atoms with van der Waals surface area (Å²) in [5.41, 5.74) is -2.10. The summed E-state index contributed by atoms with van der Waals surface area (Å²) in [5.74, 6) is -0.926. The Morgan fingerprint density at radius 1 is 1.23 bits per heavy atom. The number of hydrogen-bond acceptors (Lipinski definition) is 9. The van der Waals surface area contributed by atoms with Crippen LogP contribution in [0.15, 0.2) is 23.8 Å². The molecule has 4 aliphatic rings.